The summed E-state index contributed by atoms with van der Waals surface area (Å²) in [6.07, 6.45) is 1.50. The molecule has 0 saturated carbocycles. The van der Waals surface area contributed by atoms with Crippen LogP contribution in [0.3, 0.4) is 0 Å². The molecule has 1 N–H and O–H groups in total. The van der Waals surface area contributed by atoms with Gasteiger partial charge in [-0.3, -0.25) is 9.78 Å². The number of anilines is 1. The van der Waals surface area contributed by atoms with Gasteiger partial charge in [0.05, 0.1) is 27.6 Å². The van der Waals surface area contributed by atoms with Crippen molar-refractivity contribution < 1.29 is 4.79 Å². The van der Waals surface area contributed by atoms with Gasteiger partial charge in [0.15, 0.2) is 0 Å². The summed E-state index contributed by atoms with van der Waals surface area (Å²) in [6, 6.07) is 5.26. The molecule has 6 heteroatoms. The Morgan fingerprint density at radius 2 is 2.11 bits per heavy atom. The molecule has 0 aliphatic rings. The molecule has 0 saturated heterocycles. The standard InChI is InChI=1S/C13H11BrClN3O/c1-7-3-4-10(8(2)17-7)13(19)18-9-5-11(14)12(15)16-6-9/h3-6H,1-2H3,(H,18,19). The second-order valence-electron chi connectivity index (χ2n) is 4.04. The van der Waals surface area contributed by atoms with Crippen molar-refractivity contribution in [3.05, 3.63) is 51.0 Å². The first-order valence-electron chi connectivity index (χ1n) is 5.54. The van der Waals surface area contributed by atoms with Crippen LogP contribution >= 0.6 is 27.5 Å². The molecule has 2 rings (SSSR count). The first kappa shape index (κ1) is 14.0. The van der Waals surface area contributed by atoms with Crippen LogP contribution in [0.5, 0.6) is 0 Å². The summed E-state index contributed by atoms with van der Waals surface area (Å²) in [5.41, 5.74) is 2.68. The average Bonchev–Trinajstić information content (AvgIpc) is 2.33. The summed E-state index contributed by atoms with van der Waals surface area (Å²) in [7, 11) is 0. The van der Waals surface area contributed by atoms with Gasteiger partial charge in [-0.25, -0.2) is 4.98 Å². The number of aryl methyl sites for hydroxylation is 2. The van der Waals surface area contributed by atoms with E-state index < -0.39 is 0 Å². The van der Waals surface area contributed by atoms with Gasteiger partial charge in [0.2, 0.25) is 0 Å². The molecule has 2 aromatic heterocycles. The van der Waals surface area contributed by atoms with Crippen LogP contribution < -0.4 is 5.32 Å². The fourth-order valence-electron chi connectivity index (χ4n) is 1.61. The maximum Gasteiger partial charge on any atom is 0.257 e. The molecule has 0 aromatic carbocycles. The van der Waals surface area contributed by atoms with E-state index in [4.69, 9.17) is 11.6 Å². The molecule has 4 nitrogen and oxygen atoms in total. The van der Waals surface area contributed by atoms with E-state index in [1.165, 1.54) is 6.20 Å². The Labute approximate surface area is 124 Å². The largest absolute Gasteiger partial charge is 0.320 e. The molecule has 1 amide bonds. The predicted octanol–water partition coefficient (Wildman–Crippen LogP) is 3.76. The highest BCUT2D eigenvalue weighted by Crippen LogP contribution is 2.23. The third-order valence-electron chi connectivity index (χ3n) is 2.52. The van der Waals surface area contributed by atoms with Crippen molar-refractivity contribution >= 4 is 39.1 Å². The van der Waals surface area contributed by atoms with Crippen molar-refractivity contribution in [1.82, 2.24) is 9.97 Å². The molecule has 0 bridgehead atoms. The van der Waals surface area contributed by atoms with E-state index >= 15 is 0 Å². The lowest BCUT2D eigenvalue weighted by Gasteiger charge is -2.08. The van der Waals surface area contributed by atoms with Gasteiger partial charge in [0.25, 0.3) is 5.91 Å². The number of carbonyl (C=O) groups is 1. The Bertz CT molecular complexity index is 646. The zero-order valence-corrected chi connectivity index (χ0v) is 12.7. The van der Waals surface area contributed by atoms with Gasteiger partial charge in [0, 0.05) is 5.69 Å². The minimum absolute atomic E-state index is 0.221. The number of rotatable bonds is 2. The Morgan fingerprint density at radius 3 is 2.74 bits per heavy atom. The topological polar surface area (TPSA) is 54.9 Å². The maximum absolute atomic E-state index is 12.1. The summed E-state index contributed by atoms with van der Waals surface area (Å²) in [4.78, 5) is 20.3. The minimum atomic E-state index is -0.221. The van der Waals surface area contributed by atoms with Crippen molar-refractivity contribution in [2.45, 2.75) is 13.8 Å². The molecule has 2 aromatic rings. The van der Waals surface area contributed by atoms with E-state index in [-0.39, 0.29) is 5.91 Å². The first-order chi connectivity index (χ1) is 8.97. The van der Waals surface area contributed by atoms with Crippen LogP contribution in [0.1, 0.15) is 21.7 Å². The van der Waals surface area contributed by atoms with E-state index in [1.54, 1.807) is 25.1 Å². The van der Waals surface area contributed by atoms with Gasteiger partial charge in [-0.1, -0.05) is 11.6 Å². The smallest absolute Gasteiger partial charge is 0.257 e. The van der Waals surface area contributed by atoms with Crippen LogP contribution in [0.25, 0.3) is 0 Å². The average molecular weight is 341 g/mol. The third kappa shape index (κ3) is 3.30. The molecular weight excluding hydrogens is 330 g/mol. The molecule has 0 unspecified atom stereocenters. The van der Waals surface area contributed by atoms with Gasteiger partial charge in [-0.15, -0.1) is 0 Å². The van der Waals surface area contributed by atoms with Crippen LogP contribution in [0.15, 0.2) is 28.9 Å². The quantitative estimate of drug-likeness (QED) is 0.847. The number of nitrogens with zero attached hydrogens (tertiary/aromatic N) is 2. The highest BCUT2D eigenvalue weighted by Gasteiger charge is 2.11. The Kier molecular flexibility index (Phi) is 4.17. The van der Waals surface area contributed by atoms with Gasteiger partial charge in [-0.2, -0.15) is 0 Å². The van der Waals surface area contributed by atoms with Crippen molar-refractivity contribution in [3.8, 4) is 0 Å². The number of hydrogen-bond donors (Lipinski definition) is 1. The van der Waals surface area contributed by atoms with Crippen LogP contribution in [-0.2, 0) is 0 Å². The molecule has 0 aliphatic carbocycles. The lowest BCUT2D eigenvalue weighted by atomic mass is 10.1. The lowest BCUT2D eigenvalue weighted by Crippen LogP contribution is -2.14. The van der Waals surface area contributed by atoms with Gasteiger partial charge >= 0.3 is 0 Å². The summed E-state index contributed by atoms with van der Waals surface area (Å²) in [6.45, 7) is 3.69. The van der Waals surface area contributed by atoms with E-state index in [0.29, 0.717) is 26.6 Å². The van der Waals surface area contributed by atoms with Crippen LogP contribution in [0, 0.1) is 13.8 Å². The van der Waals surface area contributed by atoms with Crippen LogP contribution in [-0.4, -0.2) is 15.9 Å². The minimum Gasteiger partial charge on any atom is -0.320 e. The Balaban J connectivity index is 2.23. The fraction of sp³-hybridized carbons (Fsp3) is 0.154. The van der Waals surface area contributed by atoms with Crippen molar-refractivity contribution in [2.75, 3.05) is 5.32 Å². The summed E-state index contributed by atoms with van der Waals surface area (Å²) in [5.74, 6) is -0.221. The zero-order valence-electron chi connectivity index (χ0n) is 10.4. The summed E-state index contributed by atoms with van der Waals surface area (Å²) < 4.78 is 0.630. The Hall–Kier alpha value is -1.46. The second-order valence-corrected chi connectivity index (χ2v) is 5.25. The molecular formula is C13H11BrClN3O. The molecule has 0 aliphatic heterocycles. The number of aromatic nitrogens is 2. The number of amides is 1. The monoisotopic (exact) mass is 339 g/mol. The zero-order chi connectivity index (χ0) is 14.0. The van der Waals surface area contributed by atoms with Crippen molar-refractivity contribution in [1.29, 1.82) is 0 Å². The third-order valence-corrected chi connectivity index (χ3v) is 3.66. The summed E-state index contributed by atoms with van der Waals surface area (Å²) >= 11 is 9.05. The van der Waals surface area contributed by atoms with E-state index in [2.05, 4.69) is 31.2 Å². The number of carbonyl (C=O) groups excluding carboxylic acids is 1. The van der Waals surface area contributed by atoms with Crippen LogP contribution in [0.4, 0.5) is 5.69 Å². The number of nitrogens with one attached hydrogen (secondary N) is 1. The number of hydrogen-bond acceptors (Lipinski definition) is 3. The summed E-state index contributed by atoms with van der Waals surface area (Å²) in [5, 5.41) is 3.11. The normalized spacial score (nSPS) is 10.3. The molecule has 0 atom stereocenters. The van der Waals surface area contributed by atoms with E-state index in [0.717, 1.165) is 5.69 Å². The van der Waals surface area contributed by atoms with Crippen molar-refractivity contribution in [2.24, 2.45) is 0 Å². The van der Waals surface area contributed by atoms with Gasteiger partial charge < -0.3 is 5.32 Å². The van der Waals surface area contributed by atoms with Gasteiger partial charge in [-0.05, 0) is 48.0 Å². The highest BCUT2D eigenvalue weighted by atomic mass is 79.9. The molecule has 98 valence electrons. The second kappa shape index (κ2) is 5.67. The van der Waals surface area contributed by atoms with E-state index in [9.17, 15) is 4.79 Å². The molecule has 0 fully saturated rings. The maximum atomic E-state index is 12.1. The van der Waals surface area contributed by atoms with E-state index in [1.807, 2.05) is 6.92 Å². The fourth-order valence-corrected chi connectivity index (χ4v) is 2.07. The van der Waals surface area contributed by atoms with Crippen molar-refractivity contribution in [3.63, 3.8) is 0 Å². The molecule has 0 spiro atoms. The predicted molar refractivity (Wildman–Crippen MR) is 78.6 cm³/mol. The SMILES string of the molecule is Cc1ccc(C(=O)Nc2cnc(Cl)c(Br)c2)c(C)n1. The Morgan fingerprint density at radius 1 is 1.37 bits per heavy atom. The molecule has 0 radical (unpaired) electrons. The lowest BCUT2D eigenvalue weighted by molar-refractivity contribution is 0.102. The number of pyridine rings is 2. The molecule has 19 heavy (non-hydrogen) atoms. The highest BCUT2D eigenvalue weighted by molar-refractivity contribution is 9.10. The number of halogens is 2. The molecule has 2 heterocycles. The van der Waals surface area contributed by atoms with Gasteiger partial charge in [0.1, 0.15) is 5.15 Å². The first-order valence-corrected chi connectivity index (χ1v) is 6.71. The van der Waals surface area contributed by atoms with Crippen LogP contribution in [0.2, 0.25) is 5.15 Å².